The number of hydrogen-bond acceptors (Lipinski definition) is 4. The first-order valence-electron chi connectivity index (χ1n) is 5.50. The molecule has 0 aliphatic carbocycles. The number of hydrogen-bond donors (Lipinski definition) is 1. The van der Waals surface area contributed by atoms with Gasteiger partial charge in [0.15, 0.2) is 0 Å². The zero-order valence-electron chi connectivity index (χ0n) is 10.3. The number of rotatable bonds is 6. The second kappa shape index (κ2) is 7.36. The van der Waals surface area contributed by atoms with Crippen molar-refractivity contribution >= 4 is 22.3 Å². The summed E-state index contributed by atoms with van der Waals surface area (Å²) in [6.45, 7) is 0. The van der Waals surface area contributed by atoms with Crippen LogP contribution in [0.5, 0.6) is 5.75 Å². The van der Waals surface area contributed by atoms with Crippen molar-refractivity contribution in [1.82, 2.24) is 4.89 Å². The maximum absolute atomic E-state index is 12.7. The number of benzene rings is 2. The van der Waals surface area contributed by atoms with Crippen molar-refractivity contribution in [3.8, 4) is 5.75 Å². The summed E-state index contributed by atoms with van der Waals surface area (Å²) in [6.07, 6.45) is 0. The van der Waals surface area contributed by atoms with Gasteiger partial charge in [-0.2, -0.15) is 8.49 Å². The highest BCUT2D eigenvalue weighted by atomic mass is 32.2. The Morgan fingerprint density at radius 1 is 0.857 bits per heavy atom. The third kappa shape index (κ3) is 4.97. The summed E-state index contributed by atoms with van der Waals surface area (Å²) >= 11 is -4.12. The Morgan fingerprint density at radius 3 is 1.95 bits per heavy atom. The van der Waals surface area contributed by atoms with Crippen molar-refractivity contribution < 1.29 is 25.7 Å². The van der Waals surface area contributed by atoms with Crippen LogP contribution in [0.4, 0.5) is 8.78 Å². The number of halogens is 2. The Morgan fingerprint density at radius 2 is 1.38 bits per heavy atom. The van der Waals surface area contributed by atoms with Gasteiger partial charge >= 0.3 is 11.3 Å². The van der Waals surface area contributed by atoms with E-state index in [1.165, 1.54) is 24.3 Å². The summed E-state index contributed by atoms with van der Waals surface area (Å²) in [4.78, 5) is 2.10. The summed E-state index contributed by atoms with van der Waals surface area (Å²) in [6, 6.07) is 9.55. The van der Waals surface area contributed by atoms with Crippen molar-refractivity contribution in [2.75, 3.05) is 0 Å². The molecular formula is C12H9F2NO4S2. The predicted molar refractivity (Wildman–Crippen MR) is 72.2 cm³/mol. The van der Waals surface area contributed by atoms with Gasteiger partial charge in [0.05, 0.1) is 4.90 Å². The molecule has 0 heterocycles. The van der Waals surface area contributed by atoms with E-state index in [0.717, 1.165) is 24.3 Å². The zero-order chi connectivity index (χ0) is 15.2. The maximum Gasteiger partial charge on any atom is 0.313 e. The van der Waals surface area contributed by atoms with E-state index in [-0.39, 0.29) is 10.6 Å². The van der Waals surface area contributed by atoms with Crippen LogP contribution in [0.1, 0.15) is 0 Å². The molecule has 2 atom stereocenters. The van der Waals surface area contributed by atoms with E-state index in [9.17, 15) is 17.2 Å². The van der Waals surface area contributed by atoms with Crippen LogP contribution in [-0.2, 0) is 26.6 Å². The average Bonchev–Trinajstić information content (AvgIpc) is 2.48. The first-order valence-corrected chi connectivity index (χ1v) is 7.65. The van der Waals surface area contributed by atoms with Crippen molar-refractivity contribution in [2.24, 2.45) is 0 Å². The molecule has 1 N–H and O–H groups in total. The highest BCUT2D eigenvalue weighted by Crippen LogP contribution is 2.12. The van der Waals surface area contributed by atoms with Crippen LogP contribution in [0.3, 0.4) is 0 Å². The molecule has 0 spiro atoms. The molecule has 2 aromatic rings. The number of nitrogens with one attached hydrogen (secondary N) is 1. The summed E-state index contributed by atoms with van der Waals surface area (Å²) in [7, 11) is 0. The smallest absolute Gasteiger partial charge is 0.313 e. The second-order valence-corrected chi connectivity index (χ2v) is 5.54. The van der Waals surface area contributed by atoms with Gasteiger partial charge in [-0.05, 0) is 48.5 Å². The monoisotopic (exact) mass is 333 g/mol. The molecule has 2 unspecified atom stereocenters. The molecule has 112 valence electrons. The SMILES string of the molecule is O=S(NOS(=O)c1ccc(F)cc1)Oc1ccc(F)cc1. The topological polar surface area (TPSA) is 64.6 Å². The van der Waals surface area contributed by atoms with Gasteiger partial charge in [-0.25, -0.2) is 13.0 Å². The third-order valence-corrected chi connectivity index (χ3v) is 3.73. The molecule has 2 rings (SSSR count). The second-order valence-electron chi connectivity index (χ2n) is 3.63. The lowest BCUT2D eigenvalue weighted by molar-refractivity contribution is 0.295. The molecule has 0 aromatic heterocycles. The Kier molecular flexibility index (Phi) is 5.51. The first kappa shape index (κ1) is 15.7. The van der Waals surface area contributed by atoms with Crippen LogP contribution in [0.25, 0.3) is 0 Å². The largest absolute Gasteiger partial charge is 0.388 e. The molecule has 5 nitrogen and oxygen atoms in total. The zero-order valence-corrected chi connectivity index (χ0v) is 12.0. The van der Waals surface area contributed by atoms with E-state index in [1.54, 1.807) is 0 Å². The molecule has 0 saturated heterocycles. The van der Waals surface area contributed by atoms with E-state index < -0.39 is 34.0 Å². The van der Waals surface area contributed by atoms with Crippen molar-refractivity contribution in [3.63, 3.8) is 0 Å². The Hall–Kier alpha value is -1.68. The van der Waals surface area contributed by atoms with Crippen LogP contribution < -0.4 is 9.07 Å². The minimum atomic E-state index is -2.14. The molecular weight excluding hydrogens is 324 g/mol. The molecule has 0 radical (unpaired) electrons. The van der Waals surface area contributed by atoms with Gasteiger partial charge in [-0.15, -0.1) is 0 Å². The molecule has 2 aromatic carbocycles. The quantitative estimate of drug-likeness (QED) is 0.823. The molecule has 0 aliphatic rings. The molecule has 0 bridgehead atoms. The van der Waals surface area contributed by atoms with E-state index in [1.807, 2.05) is 4.89 Å². The van der Waals surface area contributed by atoms with Crippen LogP contribution in [0.15, 0.2) is 53.4 Å². The van der Waals surface area contributed by atoms with Gasteiger partial charge < -0.3 is 4.18 Å². The average molecular weight is 333 g/mol. The summed E-state index contributed by atoms with van der Waals surface area (Å²) in [5.41, 5.74) is 0. The van der Waals surface area contributed by atoms with Gasteiger partial charge in [0, 0.05) is 0 Å². The Bertz CT molecular complexity index is 649. The van der Waals surface area contributed by atoms with Gasteiger partial charge in [0.2, 0.25) is 11.1 Å². The van der Waals surface area contributed by atoms with Crippen LogP contribution in [0, 0.1) is 11.6 Å². The van der Waals surface area contributed by atoms with Crippen LogP contribution >= 0.6 is 0 Å². The van der Waals surface area contributed by atoms with Crippen molar-refractivity contribution in [1.29, 1.82) is 0 Å². The van der Waals surface area contributed by atoms with E-state index >= 15 is 0 Å². The molecule has 21 heavy (non-hydrogen) atoms. The lowest BCUT2D eigenvalue weighted by atomic mass is 10.3. The molecule has 9 heteroatoms. The Balaban J connectivity index is 1.84. The molecule has 0 amide bonds. The maximum atomic E-state index is 12.7. The fourth-order valence-corrected chi connectivity index (χ4v) is 2.49. The van der Waals surface area contributed by atoms with Crippen molar-refractivity contribution in [3.05, 3.63) is 60.2 Å². The third-order valence-electron chi connectivity index (χ3n) is 2.17. The van der Waals surface area contributed by atoms with E-state index in [2.05, 4.69) is 4.28 Å². The minimum Gasteiger partial charge on any atom is -0.388 e. The minimum absolute atomic E-state index is 0.137. The molecule has 0 aliphatic heterocycles. The standard InChI is InChI=1S/C12H9F2NO4S2/c13-9-1-5-11(6-2-9)18-21(17)15-19-20(16)12-7-3-10(14)4-8-12/h1-8,15H. The summed E-state index contributed by atoms with van der Waals surface area (Å²) in [5, 5.41) is 0. The summed E-state index contributed by atoms with van der Waals surface area (Å²) < 4.78 is 57.9. The van der Waals surface area contributed by atoms with Gasteiger partial charge in [-0.3, -0.25) is 0 Å². The van der Waals surface area contributed by atoms with E-state index in [4.69, 9.17) is 4.18 Å². The highest BCUT2D eigenvalue weighted by Gasteiger charge is 2.09. The fourth-order valence-electron chi connectivity index (χ4n) is 1.25. The van der Waals surface area contributed by atoms with Gasteiger partial charge in [-0.1, -0.05) is 4.89 Å². The van der Waals surface area contributed by atoms with E-state index in [0.29, 0.717) is 0 Å². The normalized spacial score (nSPS) is 13.6. The van der Waals surface area contributed by atoms with Crippen LogP contribution in [-0.4, -0.2) is 8.42 Å². The lowest BCUT2D eigenvalue weighted by Crippen LogP contribution is -2.23. The fraction of sp³-hybridized carbons (Fsp3) is 0. The molecule has 0 saturated carbocycles. The van der Waals surface area contributed by atoms with Gasteiger partial charge in [0.1, 0.15) is 17.4 Å². The first-order chi connectivity index (χ1) is 10.0. The lowest BCUT2D eigenvalue weighted by Gasteiger charge is -2.05. The molecule has 0 fully saturated rings. The predicted octanol–water partition coefficient (Wildman–Crippen LogP) is 2.17. The highest BCUT2D eigenvalue weighted by molar-refractivity contribution is 7.82. The Labute approximate surface area is 124 Å². The van der Waals surface area contributed by atoms with Crippen LogP contribution in [0.2, 0.25) is 0 Å². The van der Waals surface area contributed by atoms with Gasteiger partial charge in [0.25, 0.3) is 0 Å². The van der Waals surface area contributed by atoms with Crippen molar-refractivity contribution in [2.45, 2.75) is 4.90 Å². The summed E-state index contributed by atoms with van der Waals surface area (Å²) in [5.74, 6) is -0.805.